The fourth-order valence-electron chi connectivity index (χ4n) is 3.78. The highest BCUT2D eigenvalue weighted by Gasteiger charge is 2.22. The summed E-state index contributed by atoms with van der Waals surface area (Å²) in [4.78, 5) is 38.5. The molecule has 1 aliphatic carbocycles. The molecular formula is C21H33N3O6. The Kier molecular flexibility index (Phi) is 9.14. The Bertz CT molecular complexity index is 711. The highest BCUT2D eigenvalue weighted by atomic mass is 16.7. The van der Waals surface area contributed by atoms with E-state index in [0.717, 1.165) is 24.5 Å². The SMILES string of the molecule is CC(=O)OC(C)OC(=O)NCCC[C@@H](Cc1cn([C@H]2CC[C@H](C)CC2)cn1)C(=O)O. The van der Waals surface area contributed by atoms with E-state index in [2.05, 4.69) is 21.8 Å². The highest BCUT2D eigenvalue weighted by molar-refractivity contribution is 5.70. The van der Waals surface area contributed by atoms with Crippen molar-refractivity contribution >= 4 is 18.0 Å². The lowest BCUT2D eigenvalue weighted by molar-refractivity contribution is -0.162. The summed E-state index contributed by atoms with van der Waals surface area (Å²) in [5.74, 6) is -1.21. The summed E-state index contributed by atoms with van der Waals surface area (Å²) in [6, 6.07) is 0.454. The van der Waals surface area contributed by atoms with Crippen LogP contribution in [0.1, 0.15) is 71.0 Å². The summed E-state index contributed by atoms with van der Waals surface area (Å²) in [6.45, 7) is 5.21. The smallest absolute Gasteiger partial charge is 0.410 e. The van der Waals surface area contributed by atoms with Crippen LogP contribution < -0.4 is 5.32 Å². The van der Waals surface area contributed by atoms with Gasteiger partial charge >= 0.3 is 18.0 Å². The number of carbonyl (C=O) groups excluding carboxylic acids is 2. The molecule has 168 valence electrons. The molecule has 2 atom stereocenters. The summed E-state index contributed by atoms with van der Waals surface area (Å²) in [5, 5.41) is 12.1. The number of carboxylic acids is 1. The zero-order valence-electron chi connectivity index (χ0n) is 18.0. The predicted molar refractivity (Wildman–Crippen MR) is 109 cm³/mol. The monoisotopic (exact) mass is 423 g/mol. The molecule has 1 fully saturated rings. The number of ether oxygens (including phenoxy) is 2. The molecule has 0 aliphatic heterocycles. The van der Waals surface area contributed by atoms with Crippen molar-refractivity contribution in [1.82, 2.24) is 14.9 Å². The number of imidazole rings is 1. The van der Waals surface area contributed by atoms with Crippen LogP contribution in [0.2, 0.25) is 0 Å². The van der Waals surface area contributed by atoms with E-state index < -0.39 is 30.2 Å². The number of nitrogens with one attached hydrogen (secondary N) is 1. The molecule has 1 unspecified atom stereocenters. The van der Waals surface area contributed by atoms with Gasteiger partial charge in [0.2, 0.25) is 6.29 Å². The van der Waals surface area contributed by atoms with Crippen molar-refractivity contribution in [2.75, 3.05) is 6.54 Å². The molecule has 1 aliphatic rings. The number of carboxylic acid groups (broad SMARTS) is 1. The standard InChI is InChI=1S/C21H33N3O6/c1-14-6-8-19(9-7-14)24-12-18(23-13-24)11-17(20(26)27)5-4-10-22-21(28)30-16(3)29-15(2)25/h12-14,16-17,19H,4-11H2,1-3H3,(H,22,28)(H,26,27)/t14-,16?,17-,19-/m0/s1. The van der Waals surface area contributed by atoms with Gasteiger partial charge in [-0.1, -0.05) is 6.92 Å². The van der Waals surface area contributed by atoms with E-state index in [-0.39, 0.29) is 6.54 Å². The van der Waals surface area contributed by atoms with E-state index in [1.807, 2.05) is 12.5 Å². The fraction of sp³-hybridized carbons (Fsp3) is 0.714. The quantitative estimate of drug-likeness (QED) is 0.336. The molecule has 2 rings (SSSR count). The Morgan fingerprint density at radius 2 is 1.97 bits per heavy atom. The number of carbonyl (C=O) groups is 3. The van der Waals surface area contributed by atoms with E-state index in [9.17, 15) is 19.5 Å². The van der Waals surface area contributed by atoms with Crippen LogP contribution in [0.5, 0.6) is 0 Å². The van der Waals surface area contributed by atoms with Crippen LogP contribution in [0.3, 0.4) is 0 Å². The van der Waals surface area contributed by atoms with Gasteiger partial charge in [0.05, 0.1) is 17.9 Å². The maximum atomic E-state index is 11.6. The second-order valence-corrected chi connectivity index (χ2v) is 8.12. The Hall–Kier alpha value is -2.58. The molecule has 1 aromatic heterocycles. The molecule has 2 N–H and O–H groups in total. The molecule has 1 saturated carbocycles. The van der Waals surface area contributed by atoms with E-state index in [1.165, 1.54) is 26.7 Å². The molecule has 1 amide bonds. The average molecular weight is 424 g/mol. The lowest BCUT2D eigenvalue weighted by Gasteiger charge is -2.26. The molecule has 0 bridgehead atoms. The van der Waals surface area contributed by atoms with Crippen molar-refractivity contribution in [3.8, 4) is 0 Å². The van der Waals surface area contributed by atoms with Crippen LogP contribution in [0.4, 0.5) is 4.79 Å². The summed E-state index contributed by atoms with van der Waals surface area (Å²) in [5.41, 5.74) is 0.781. The summed E-state index contributed by atoms with van der Waals surface area (Å²) >= 11 is 0. The van der Waals surface area contributed by atoms with Gasteiger partial charge in [-0.25, -0.2) is 9.78 Å². The van der Waals surface area contributed by atoms with Gasteiger partial charge in [0.25, 0.3) is 0 Å². The second-order valence-electron chi connectivity index (χ2n) is 8.12. The zero-order valence-corrected chi connectivity index (χ0v) is 18.0. The summed E-state index contributed by atoms with van der Waals surface area (Å²) in [7, 11) is 0. The van der Waals surface area contributed by atoms with Crippen LogP contribution in [-0.4, -0.2) is 45.5 Å². The lowest BCUT2D eigenvalue weighted by Crippen LogP contribution is -2.31. The maximum absolute atomic E-state index is 11.6. The number of aromatic nitrogens is 2. The molecule has 0 aromatic carbocycles. The van der Waals surface area contributed by atoms with Gasteiger partial charge in [0.15, 0.2) is 0 Å². The van der Waals surface area contributed by atoms with Gasteiger partial charge in [-0.05, 0) is 44.4 Å². The first-order valence-corrected chi connectivity index (χ1v) is 10.6. The van der Waals surface area contributed by atoms with Crippen LogP contribution in [0, 0.1) is 11.8 Å². The van der Waals surface area contributed by atoms with Crippen LogP contribution in [0.25, 0.3) is 0 Å². The van der Waals surface area contributed by atoms with Gasteiger partial charge < -0.3 is 24.5 Å². The number of hydrogen-bond acceptors (Lipinski definition) is 6. The van der Waals surface area contributed by atoms with E-state index in [0.29, 0.717) is 25.3 Å². The molecule has 0 radical (unpaired) electrons. The van der Waals surface area contributed by atoms with E-state index >= 15 is 0 Å². The number of aliphatic carboxylic acids is 1. The molecule has 30 heavy (non-hydrogen) atoms. The normalized spacial score (nSPS) is 20.8. The van der Waals surface area contributed by atoms with E-state index in [4.69, 9.17) is 9.47 Å². The fourth-order valence-corrected chi connectivity index (χ4v) is 3.78. The Morgan fingerprint density at radius 3 is 2.60 bits per heavy atom. The summed E-state index contributed by atoms with van der Waals surface area (Å²) < 4.78 is 11.7. The first-order valence-electron chi connectivity index (χ1n) is 10.6. The predicted octanol–water partition coefficient (Wildman–Crippen LogP) is 3.29. The zero-order chi connectivity index (χ0) is 22.1. The van der Waals surface area contributed by atoms with Crippen molar-refractivity contribution in [3.63, 3.8) is 0 Å². The Balaban J connectivity index is 1.74. The number of hydrogen-bond donors (Lipinski definition) is 2. The number of nitrogens with zero attached hydrogens (tertiary/aromatic N) is 2. The third-order valence-corrected chi connectivity index (χ3v) is 5.47. The second kappa shape index (κ2) is 11.6. The first-order chi connectivity index (χ1) is 14.2. The molecule has 1 heterocycles. The topological polar surface area (TPSA) is 120 Å². The van der Waals surface area contributed by atoms with Crippen molar-refractivity contribution in [3.05, 3.63) is 18.2 Å². The van der Waals surface area contributed by atoms with Crippen LogP contribution in [-0.2, 0) is 25.5 Å². The largest absolute Gasteiger partial charge is 0.481 e. The van der Waals surface area contributed by atoms with Gasteiger partial charge in [-0.15, -0.1) is 0 Å². The van der Waals surface area contributed by atoms with Crippen LogP contribution >= 0.6 is 0 Å². The lowest BCUT2D eigenvalue weighted by atomic mass is 9.87. The van der Waals surface area contributed by atoms with Crippen LogP contribution in [0.15, 0.2) is 12.5 Å². The van der Waals surface area contributed by atoms with Gasteiger partial charge in [-0.3, -0.25) is 9.59 Å². The number of esters is 1. The minimum Gasteiger partial charge on any atom is -0.481 e. The molecule has 0 spiro atoms. The molecular weight excluding hydrogens is 390 g/mol. The first kappa shape index (κ1) is 23.7. The van der Waals surface area contributed by atoms with Gasteiger partial charge in [0.1, 0.15) is 0 Å². The van der Waals surface area contributed by atoms with Gasteiger partial charge in [0, 0.05) is 39.1 Å². The molecule has 0 saturated heterocycles. The van der Waals surface area contributed by atoms with Crippen molar-refractivity contribution in [2.24, 2.45) is 11.8 Å². The van der Waals surface area contributed by atoms with Gasteiger partial charge in [-0.2, -0.15) is 0 Å². The number of alkyl carbamates (subject to hydrolysis) is 1. The Morgan fingerprint density at radius 1 is 1.27 bits per heavy atom. The third-order valence-electron chi connectivity index (χ3n) is 5.47. The third kappa shape index (κ3) is 8.04. The molecule has 1 aromatic rings. The highest BCUT2D eigenvalue weighted by Crippen LogP contribution is 2.31. The minimum atomic E-state index is -0.975. The minimum absolute atomic E-state index is 0.268. The van der Waals surface area contributed by atoms with Crippen molar-refractivity contribution in [2.45, 2.75) is 78.0 Å². The summed E-state index contributed by atoms with van der Waals surface area (Å²) in [6.07, 6.45) is 8.05. The Labute approximate surface area is 177 Å². The van der Waals surface area contributed by atoms with E-state index in [1.54, 1.807) is 0 Å². The average Bonchev–Trinajstić information content (AvgIpc) is 3.12. The van der Waals surface area contributed by atoms with Crippen molar-refractivity contribution in [1.29, 1.82) is 0 Å². The number of amides is 1. The maximum Gasteiger partial charge on any atom is 0.410 e. The van der Waals surface area contributed by atoms with Crippen molar-refractivity contribution < 1.29 is 29.0 Å². The number of rotatable bonds is 10. The molecule has 9 heteroatoms. The molecule has 9 nitrogen and oxygen atoms in total.